The van der Waals surface area contributed by atoms with Crippen LogP contribution in [0.15, 0.2) is 66.2 Å². The first-order valence-corrected chi connectivity index (χ1v) is 12.2. The third-order valence-electron chi connectivity index (χ3n) is 6.25. The number of carbonyl (C=O) groups is 2. The van der Waals surface area contributed by atoms with Crippen molar-refractivity contribution >= 4 is 44.1 Å². The lowest BCUT2D eigenvalue weighted by Crippen LogP contribution is -2.29. The molecule has 0 aliphatic carbocycles. The van der Waals surface area contributed by atoms with E-state index in [4.69, 9.17) is 14.2 Å². The molecule has 1 fully saturated rings. The van der Waals surface area contributed by atoms with Crippen LogP contribution >= 0.6 is 11.3 Å². The van der Waals surface area contributed by atoms with Gasteiger partial charge in [-0.05, 0) is 42.8 Å². The van der Waals surface area contributed by atoms with Crippen LogP contribution < -0.4 is 19.1 Å². The first-order valence-electron chi connectivity index (χ1n) is 11.4. The minimum Gasteiger partial charge on any atom is -0.507 e. The third-order valence-corrected chi connectivity index (χ3v) is 7.27. The second-order valence-electron chi connectivity index (χ2n) is 8.45. The number of amides is 1. The molecule has 3 aromatic carbocycles. The molecule has 8 nitrogen and oxygen atoms in total. The Kier molecular flexibility index (Phi) is 6.31. The van der Waals surface area contributed by atoms with Gasteiger partial charge >= 0.3 is 5.91 Å². The molecule has 37 heavy (non-hydrogen) atoms. The van der Waals surface area contributed by atoms with E-state index >= 15 is 0 Å². The van der Waals surface area contributed by atoms with Crippen molar-refractivity contribution in [1.82, 2.24) is 4.98 Å². The zero-order valence-electron chi connectivity index (χ0n) is 20.6. The van der Waals surface area contributed by atoms with Crippen LogP contribution in [0.2, 0.25) is 0 Å². The predicted molar refractivity (Wildman–Crippen MR) is 142 cm³/mol. The van der Waals surface area contributed by atoms with Gasteiger partial charge < -0.3 is 19.3 Å². The smallest absolute Gasteiger partial charge is 0.301 e. The van der Waals surface area contributed by atoms with E-state index in [-0.39, 0.29) is 11.3 Å². The fourth-order valence-electron chi connectivity index (χ4n) is 4.50. The van der Waals surface area contributed by atoms with Crippen molar-refractivity contribution in [3.8, 4) is 17.2 Å². The van der Waals surface area contributed by atoms with Gasteiger partial charge in [0.2, 0.25) is 0 Å². The van der Waals surface area contributed by atoms with Crippen molar-refractivity contribution < 1.29 is 28.9 Å². The van der Waals surface area contributed by atoms with E-state index in [1.807, 2.05) is 25.1 Å². The Bertz CT molecular complexity index is 1570. The molecule has 1 aromatic heterocycles. The van der Waals surface area contributed by atoms with Crippen molar-refractivity contribution in [1.29, 1.82) is 0 Å². The van der Waals surface area contributed by atoms with Crippen LogP contribution in [0.5, 0.6) is 17.2 Å². The Morgan fingerprint density at radius 3 is 2.49 bits per heavy atom. The van der Waals surface area contributed by atoms with Crippen molar-refractivity contribution in [3.05, 3.63) is 82.9 Å². The molecule has 1 N–H and O–H groups in total. The lowest BCUT2D eigenvalue weighted by Gasteiger charge is -2.25. The molecule has 1 amide bonds. The second kappa shape index (κ2) is 9.59. The lowest BCUT2D eigenvalue weighted by atomic mass is 9.94. The first kappa shape index (κ1) is 24.3. The minimum absolute atomic E-state index is 0.0831. The SMILES string of the molecule is COc1cccc(C(O)=C2C(=O)C(=O)N(c3nc4ccc(C)cc4s3)[C@H]2c2cccc(OC)c2OC)c1. The average Bonchev–Trinajstić information content (AvgIpc) is 3.45. The van der Waals surface area contributed by atoms with Crippen molar-refractivity contribution in [2.75, 3.05) is 26.2 Å². The van der Waals surface area contributed by atoms with Crippen LogP contribution in [-0.2, 0) is 9.59 Å². The number of benzene rings is 3. The number of methoxy groups -OCH3 is 3. The number of anilines is 1. The molecular formula is C28H24N2O6S. The Labute approximate surface area is 217 Å². The summed E-state index contributed by atoms with van der Waals surface area (Å²) >= 11 is 1.30. The normalized spacial score (nSPS) is 16.9. The number of aromatic nitrogens is 1. The number of nitrogens with zero attached hydrogens (tertiary/aromatic N) is 2. The molecule has 2 heterocycles. The molecule has 0 saturated carbocycles. The van der Waals surface area contributed by atoms with E-state index in [9.17, 15) is 14.7 Å². The molecule has 188 valence electrons. The highest BCUT2D eigenvalue weighted by molar-refractivity contribution is 7.22. The van der Waals surface area contributed by atoms with Gasteiger partial charge in [0.05, 0.1) is 37.1 Å². The summed E-state index contributed by atoms with van der Waals surface area (Å²) in [6.07, 6.45) is 0. The maximum absolute atomic E-state index is 13.6. The highest BCUT2D eigenvalue weighted by atomic mass is 32.1. The Hall–Kier alpha value is -4.37. The van der Waals surface area contributed by atoms with Crippen LogP contribution in [-0.4, -0.2) is 43.1 Å². The van der Waals surface area contributed by atoms with Crippen molar-refractivity contribution in [3.63, 3.8) is 0 Å². The number of aliphatic hydroxyl groups is 1. The number of ether oxygens (including phenoxy) is 3. The number of para-hydroxylation sites is 1. The average molecular weight is 517 g/mol. The zero-order valence-corrected chi connectivity index (χ0v) is 21.5. The zero-order chi connectivity index (χ0) is 26.3. The topological polar surface area (TPSA) is 98.2 Å². The number of fused-ring (bicyclic) bond motifs is 1. The number of hydrogen-bond donors (Lipinski definition) is 1. The van der Waals surface area contributed by atoms with Crippen LogP contribution in [0.3, 0.4) is 0 Å². The summed E-state index contributed by atoms with van der Waals surface area (Å²) in [5.41, 5.74) is 2.48. The van der Waals surface area contributed by atoms with Crippen LogP contribution in [0, 0.1) is 6.92 Å². The number of thiazole rings is 1. The van der Waals surface area contributed by atoms with Crippen LogP contribution in [0.1, 0.15) is 22.7 Å². The van der Waals surface area contributed by atoms with Crippen molar-refractivity contribution in [2.45, 2.75) is 13.0 Å². The van der Waals surface area contributed by atoms with E-state index < -0.39 is 17.7 Å². The van der Waals surface area contributed by atoms with Gasteiger partial charge in [0.15, 0.2) is 16.6 Å². The first-order chi connectivity index (χ1) is 17.9. The van der Waals surface area contributed by atoms with Gasteiger partial charge in [-0.1, -0.05) is 41.7 Å². The lowest BCUT2D eigenvalue weighted by molar-refractivity contribution is -0.132. The summed E-state index contributed by atoms with van der Waals surface area (Å²) in [4.78, 5) is 33.1. The quantitative estimate of drug-likeness (QED) is 0.212. The number of aryl methyl sites for hydroxylation is 1. The number of ketones is 1. The summed E-state index contributed by atoms with van der Waals surface area (Å²) in [6, 6.07) is 16.6. The highest BCUT2D eigenvalue weighted by Crippen LogP contribution is 2.48. The van der Waals surface area contributed by atoms with E-state index in [0.717, 1.165) is 10.3 Å². The number of carbonyl (C=O) groups excluding carboxylic acids is 2. The van der Waals surface area contributed by atoms with Gasteiger partial charge in [-0.3, -0.25) is 14.5 Å². The number of rotatable bonds is 6. The Balaban J connectivity index is 1.79. The Morgan fingerprint density at radius 1 is 0.973 bits per heavy atom. The standard InChI is InChI=1S/C28H24N2O6S/c1-15-11-12-19-21(13-15)37-28(29-19)30-23(18-9-6-10-20(35-3)26(18)36-4)22(25(32)27(30)33)24(31)16-7-5-8-17(14-16)34-2/h5-14,23,31H,1-4H3/t23-/m0/s1. The fourth-order valence-corrected chi connectivity index (χ4v) is 5.59. The summed E-state index contributed by atoms with van der Waals surface area (Å²) in [5.74, 6) is -0.690. The summed E-state index contributed by atoms with van der Waals surface area (Å²) in [6.45, 7) is 1.97. The van der Waals surface area contributed by atoms with Crippen LogP contribution in [0.4, 0.5) is 5.13 Å². The maximum Gasteiger partial charge on any atom is 0.301 e. The molecule has 1 aliphatic rings. The van der Waals surface area contributed by atoms with Crippen LogP contribution in [0.25, 0.3) is 16.0 Å². The molecule has 1 saturated heterocycles. The van der Waals surface area contributed by atoms with Gasteiger partial charge in [-0.15, -0.1) is 0 Å². The van der Waals surface area contributed by atoms with Gasteiger partial charge in [0.25, 0.3) is 5.78 Å². The minimum atomic E-state index is -1.02. The van der Waals surface area contributed by atoms with E-state index in [2.05, 4.69) is 4.98 Å². The fraction of sp³-hybridized carbons (Fsp3) is 0.179. The highest BCUT2D eigenvalue weighted by Gasteiger charge is 2.49. The van der Waals surface area contributed by atoms with E-state index in [1.54, 1.807) is 42.5 Å². The molecule has 0 spiro atoms. The largest absolute Gasteiger partial charge is 0.507 e. The number of Topliss-reactive ketones (excluding diaryl/α,β-unsaturated/α-hetero) is 1. The summed E-state index contributed by atoms with van der Waals surface area (Å²) in [5, 5.41) is 11.8. The van der Waals surface area contributed by atoms with Gasteiger partial charge in [0.1, 0.15) is 17.6 Å². The monoisotopic (exact) mass is 516 g/mol. The summed E-state index contributed by atoms with van der Waals surface area (Å²) < 4.78 is 17.3. The molecule has 0 radical (unpaired) electrons. The second-order valence-corrected chi connectivity index (χ2v) is 9.46. The molecule has 0 unspecified atom stereocenters. The third kappa shape index (κ3) is 4.07. The van der Waals surface area contributed by atoms with E-state index in [0.29, 0.717) is 39.0 Å². The van der Waals surface area contributed by atoms with Gasteiger partial charge in [-0.25, -0.2) is 4.98 Å². The molecule has 0 bridgehead atoms. The number of aliphatic hydroxyl groups excluding tert-OH is 1. The van der Waals surface area contributed by atoms with Crippen molar-refractivity contribution in [2.24, 2.45) is 0 Å². The predicted octanol–water partition coefficient (Wildman–Crippen LogP) is 5.26. The molecule has 1 aliphatic heterocycles. The maximum atomic E-state index is 13.6. The molecular weight excluding hydrogens is 492 g/mol. The number of hydrogen-bond acceptors (Lipinski definition) is 8. The molecule has 9 heteroatoms. The molecule has 1 atom stereocenters. The van der Waals surface area contributed by atoms with Gasteiger partial charge in [-0.2, -0.15) is 0 Å². The summed E-state index contributed by atoms with van der Waals surface area (Å²) in [7, 11) is 4.49. The molecule has 4 aromatic rings. The molecule has 5 rings (SSSR count). The van der Waals surface area contributed by atoms with E-state index in [1.165, 1.54) is 37.6 Å². The Morgan fingerprint density at radius 2 is 1.76 bits per heavy atom. The van der Waals surface area contributed by atoms with Gasteiger partial charge in [0, 0.05) is 11.1 Å².